The summed E-state index contributed by atoms with van der Waals surface area (Å²) in [5.74, 6) is 1.81. The van der Waals surface area contributed by atoms with Crippen molar-refractivity contribution in [2.75, 3.05) is 0 Å². The smallest absolute Gasteiger partial charge is 0.0598 e. The van der Waals surface area contributed by atoms with Crippen LogP contribution in [0.3, 0.4) is 0 Å². The van der Waals surface area contributed by atoms with Crippen LogP contribution in [0.15, 0.2) is 213 Å². The standard InChI is InChI=1S/C22H24N.2C21H22N.2C11H8N.3Ir/c1-14(2)11-18-7-6-8-22-20(18)9-10-21(23-22)19-12-15(3)17(5)16(4)13-19;1-13(2)18-7-6-8-21-19(18)9-10-20(22-21)17-11-14(3)16(5)15(4)12-17;1-14(2)12-17-6-5-7-21-19(17)10-11-20(22-21)18-9-8-15(3)16(4)13-18;2*1-2-6-10(7-3-1)11-8-4-5-9-12-11;;;/h6-10,12,14H,11H2,1-5H3;6-11,13H,1-5H3;5-8,10-11,13-14H,12H2,1-4H3;2*1-6,8-9H;;;/q5*-1;;;. The van der Waals surface area contributed by atoms with Gasteiger partial charge < -0.3 is 9.97 Å². The van der Waals surface area contributed by atoms with Crippen LogP contribution in [-0.4, -0.2) is 24.9 Å². The summed E-state index contributed by atoms with van der Waals surface area (Å²) in [5, 5.41) is 3.79. The number of benzene rings is 8. The van der Waals surface area contributed by atoms with Gasteiger partial charge in [0.1, 0.15) is 0 Å². The molecular formula is C86H84Ir3N5-5. The van der Waals surface area contributed by atoms with Gasteiger partial charge in [-0.05, 0) is 106 Å². The van der Waals surface area contributed by atoms with Crippen LogP contribution in [0.5, 0.6) is 0 Å². The molecule has 3 radical (unpaired) electrons. The van der Waals surface area contributed by atoms with Crippen molar-refractivity contribution >= 4 is 32.7 Å². The van der Waals surface area contributed by atoms with Crippen LogP contribution < -0.4 is 0 Å². The maximum atomic E-state index is 4.89. The summed E-state index contributed by atoms with van der Waals surface area (Å²) in [4.78, 5) is 23.1. The number of hydrogen-bond acceptors (Lipinski definition) is 5. The molecule has 13 aromatic rings. The molecule has 0 aliphatic carbocycles. The molecule has 5 nitrogen and oxygen atoms in total. The second-order valence-electron chi connectivity index (χ2n) is 24.7. The molecule has 0 bridgehead atoms. The zero-order chi connectivity index (χ0) is 64.6. The molecule has 0 saturated carbocycles. The van der Waals surface area contributed by atoms with Gasteiger partial charge in [0, 0.05) is 88.9 Å². The summed E-state index contributed by atoms with van der Waals surface area (Å²) in [6.45, 7) is 30.6. The van der Waals surface area contributed by atoms with Gasteiger partial charge in [-0.15, -0.1) is 175 Å². The third-order valence-electron chi connectivity index (χ3n) is 16.5. The van der Waals surface area contributed by atoms with E-state index in [9.17, 15) is 0 Å². The molecule has 8 heteroatoms. The fourth-order valence-corrected chi connectivity index (χ4v) is 11.0. The Morgan fingerprint density at radius 2 is 0.745 bits per heavy atom. The maximum Gasteiger partial charge on any atom is 0.0598 e. The molecule has 13 rings (SSSR count). The van der Waals surface area contributed by atoms with E-state index in [2.05, 4.69) is 246 Å². The average Bonchev–Trinajstić information content (AvgIpc) is 1.01. The Morgan fingerprint density at radius 3 is 1.13 bits per heavy atom. The van der Waals surface area contributed by atoms with E-state index in [-0.39, 0.29) is 60.3 Å². The van der Waals surface area contributed by atoms with Crippen molar-refractivity contribution in [2.45, 2.75) is 116 Å². The van der Waals surface area contributed by atoms with Gasteiger partial charge in [-0.25, -0.2) is 0 Å². The van der Waals surface area contributed by atoms with Gasteiger partial charge in [-0.2, -0.15) is 0 Å². The van der Waals surface area contributed by atoms with Gasteiger partial charge in [0.2, 0.25) is 0 Å². The number of aromatic nitrogens is 5. The molecule has 94 heavy (non-hydrogen) atoms. The van der Waals surface area contributed by atoms with Crippen molar-refractivity contribution < 1.29 is 60.3 Å². The summed E-state index contributed by atoms with van der Waals surface area (Å²) in [7, 11) is 0. The van der Waals surface area contributed by atoms with E-state index in [1.165, 1.54) is 77.4 Å². The quantitative estimate of drug-likeness (QED) is 0.128. The molecular weight excluding hydrogens is 1680 g/mol. The molecule has 0 atom stereocenters. The number of pyridine rings is 5. The van der Waals surface area contributed by atoms with E-state index >= 15 is 0 Å². The molecule has 0 saturated heterocycles. The van der Waals surface area contributed by atoms with E-state index in [1.807, 2.05) is 91.0 Å². The van der Waals surface area contributed by atoms with Crippen molar-refractivity contribution in [1.82, 2.24) is 24.9 Å². The topological polar surface area (TPSA) is 64.5 Å². The van der Waals surface area contributed by atoms with Crippen LogP contribution in [0.1, 0.15) is 109 Å². The predicted molar refractivity (Wildman–Crippen MR) is 384 cm³/mol. The van der Waals surface area contributed by atoms with Gasteiger partial charge in [0.15, 0.2) is 0 Å². The monoisotopic (exact) mass is 1770 g/mol. The molecule has 8 aromatic carbocycles. The first-order valence-electron chi connectivity index (χ1n) is 31.8. The first-order chi connectivity index (χ1) is 43.9. The second-order valence-corrected chi connectivity index (χ2v) is 24.7. The van der Waals surface area contributed by atoms with Crippen molar-refractivity contribution in [1.29, 1.82) is 0 Å². The van der Waals surface area contributed by atoms with Gasteiger partial charge in [-0.1, -0.05) is 194 Å². The minimum absolute atomic E-state index is 0. The predicted octanol–water partition coefficient (Wildman–Crippen LogP) is 22.2. The van der Waals surface area contributed by atoms with Crippen molar-refractivity contribution in [3.63, 3.8) is 0 Å². The fourth-order valence-electron chi connectivity index (χ4n) is 11.0. The van der Waals surface area contributed by atoms with E-state index in [0.717, 1.165) is 85.7 Å². The number of nitrogens with zero attached hydrogens (tertiary/aromatic N) is 5. The Kier molecular flexibility index (Phi) is 29.0. The molecule has 5 heterocycles. The Bertz CT molecular complexity index is 4340. The molecule has 0 spiro atoms. The Morgan fingerprint density at radius 1 is 0.340 bits per heavy atom. The van der Waals surface area contributed by atoms with Crippen LogP contribution in [0.25, 0.3) is 89.0 Å². The zero-order valence-corrected chi connectivity index (χ0v) is 63.8. The number of fused-ring (bicyclic) bond motifs is 3. The largest absolute Gasteiger partial charge is 0.305 e. The molecule has 485 valence electrons. The second kappa shape index (κ2) is 36.2. The number of hydrogen-bond donors (Lipinski definition) is 0. The number of rotatable bonds is 10. The summed E-state index contributed by atoms with van der Waals surface area (Å²) in [6.07, 6.45) is 5.76. The number of aryl methyl sites for hydroxylation is 6. The normalized spacial score (nSPS) is 10.6. The van der Waals surface area contributed by atoms with E-state index < -0.39 is 0 Å². The van der Waals surface area contributed by atoms with Crippen molar-refractivity contribution in [3.05, 3.63) is 304 Å². The van der Waals surface area contributed by atoms with Crippen LogP contribution in [-0.2, 0) is 73.2 Å². The molecule has 0 unspecified atom stereocenters. The van der Waals surface area contributed by atoms with E-state index in [1.54, 1.807) is 12.4 Å². The Balaban J connectivity index is 0.000000189. The molecule has 0 aliphatic rings. The van der Waals surface area contributed by atoms with Crippen LogP contribution in [0.4, 0.5) is 0 Å². The fraction of sp³-hybridized carbons (Fsp3) is 0.221. The Labute approximate surface area is 600 Å². The Hall–Kier alpha value is -7.76. The maximum absolute atomic E-state index is 4.89. The van der Waals surface area contributed by atoms with Crippen LogP contribution in [0.2, 0.25) is 0 Å². The van der Waals surface area contributed by atoms with Gasteiger partial charge >= 0.3 is 0 Å². The first-order valence-corrected chi connectivity index (χ1v) is 31.8. The van der Waals surface area contributed by atoms with E-state index in [0.29, 0.717) is 17.8 Å². The van der Waals surface area contributed by atoms with Crippen LogP contribution >= 0.6 is 0 Å². The molecule has 0 amide bonds. The molecule has 0 aliphatic heterocycles. The minimum Gasteiger partial charge on any atom is -0.305 e. The molecule has 5 aromatic heterocycles. The van der Waals surface area contributed by atoms with Gasteiger partial charge in [-0.3, -0.25) is 15.0 Å². The summed E-state index contributed by atoms with van der Waals surface area (Å²) in [6, 6.07) is 84.8. The summed E-state index contributed by atoms with van der Waals surface area (Å²) in [5.41, 5.74) is 27.8. The molecule has 0 fully saturated rings. The van der Waals surface area contributed by atoms with Crippen molar-refractivity contribution in [3.8, 4) is 56.3 Å². The van der Waals surface area contributed by atoms with Crippen LogP contribution in [0, 0.1) is 97.6 Å². The van der Waals surface area contributed by atoms with Crippen molar-refractivity contribution in [2.24, 2.45) is 11.8 Å². The average molecular weight is 1760 g/mol. The summed E-state index contributed by atoms with van der Waals surface area (Å²) < 4.78 is 0. The SMILES string of the molecule is Cc1[c-]c(-c2ccc3c(C(C)C)cccc3n2)cc(C)c1C.Cc1[c-]c(-c2ccc3c(CC(C)C)cccc3n2)cc(C)c1C.Cc1c[c-]c(-c2ccc3c(CC(C)C)cccc3n2)cc1C.[Ir].[Ir].[Ir].[c-]1ccccc1-c1ccccn1.[c-]1ccccc1-c1ccccn1. The van der Waals surface area contributed by atoms with Gasteiger partial charge in [0.25, 0.3) is 0 Å². The third-order valence-corrected chi connectivity index (χ3v) is 16.5. The summed E-state index contributed by atoms with van der Waals surface area (Å²) >= 11 is 0. The minimum atomic E-state index is 0. The first kappa shape index (κ1) is 75.3. The van der Waals surface area contributed by atoms with Gasteiger partial charge in [0.05, 0.1) is 16.6 Å². The zero-order valence-electron chi connectivity index (χ0n) is 56.6. The third kappa shape index (κ3) is 20.1. The molecule has 0 N–H and O–H groups in total. The van der Waals surface area contributed by atoms with E-state index in [4.69, 9.17) is 15.0 Å².